The standard InChI is InChI=1S/C20H24N2O2/c1-4-24-19(23)16-11-9-15(10-12-16)13-22-14-20(2,3)21-17-7-5-6-8-18(17)22/h5-12,21H,4,13-14H2,1-3H3. The van der Waals surface area contributed by atoms with Crippen molar-refractivity contribution in [2.45, 2.75) is 32.9 Å². The second-order valence-corrected chi connectivity index (χ2v) is 6.80. The maximum atomic E-state index is 11.8. The third-order valence-corrected chi connectivity index (χ3v) is 4.14. The molecule has 0 radical (unpaired) electrons. The zero-order chi connectivity index (χ0) is 17.2. The molecule has 1 aliphatic heterocycles. The summed E-state index contributed by atoms with van der Waals surface area (Å²) >= 11 is 0. The molecule has 0 amide bonds. The van der Waals surface area contributed by atoms with Gasteiger partial charge in [0.2, 0.25) is 0 Å². The van der Waals surface area contributed by atoms with Gasteiger partial charge in [0.15, 0.2) is 0 Å². The van der Waals surface area contributed by atoms with Crippen LogP contribution in [0.25, 0.3) is 0 Å². The van der Waals surface area contributed by atoms with E-state index in [-0.39, 0.29) is 11.5 Å². The van der Waals surface area contributed by atoms with Crippen LogP contribution in [-0.2, 0) is 11.3 Å². The SMILES string of the molecule is CCOC(=O)c1ccc(CN2CC(C)(C)Nc3ccccc32)cc1. The Morgan fingerprint density at radius 3 is 2.58 bits per heavy atom. The molecule has 24 heavy (non-hydrogen) atoms. The van der Waals surface area contributed by atoms with Gasteiger partial charge in [0.05, 0.1) is 23.5 Å². The number of nitrogens with one attached hydrogen (secondary N) is 1. The Labute approximate surface area is 143 Å². The van der Waals surface area contributed by atoms with E-state index in [1.807, 2.05) is 31.2 Å². The molecular formula is C20H24N2O2. The van der Waals surface area contributed by atoms with E-state index < -0.39 is 0 Å². The molecule has 4 heteroatoms. The zero-order valence-electron chi connectivity index (χ0n) is 14.5. The van der Waals surface area contributed by atoms with Crippen molar-refractivity contribution in [2.24, 2.45) is 0 Å². The molecule has 0 fully saturated rings. The molecule has 4 nitrogen and oxygen atoms in total. The number of ether oxygens (including phenoxy) is 1. The Kier molecular flexibility index (Phi) is 4.47. The maximum absolute atomic E-state index is 11.8. The Morgan fingerprint density at radius 1 is 1.17 bits per heavy atom. The number of nitrogens with zero attached hydrogens (tertiary/aromatic N) is 1. The minimum atomic E-state index is -0.266. The van der Waals surface area contributed by atoms with Crippen LogP contribution in [0.2, 0.25) is 0 Å². The molecule has 1 heterocycles. The van der Waals surface area contributed by atoms with Crippen molar-refractivity contribution in [1.29, 1.82) is 0 Å². The molecule has 3 rings (SSSR count). The zero-order valence-corrected chi connectivity index (χ0v) is 14.5. The van der Waals surface area contributed by atoms with E-state index in [1.165, 1.54) is 11.3 Å². The summed E-state index contributed by atoms with van der Waals surface area (Å²) < 4.78 is 5.03. The van der Waals surface area contributed by atoms with E-state index in [1.54, 1.807) is 0 Å². The molecule has 0 bridgehead atoms. The van der Waals surface area contributed by atoms with E-state index in [0.717, 1.165) is 18.8 Å². The first-order valence-corrected chi connectivity index (χ1v) is 8.37. The third-order valence-electron chi connectivity index (χ3n) is 4.14. The highest BCUT2D eigenvalue weighted by Crippen LogP contribution is 2.35. The number of rotatable bonds is 4. The predicted molar refractivity (Wildman–Crippen MR) is 97.6 cm³/mol. The first-order valence-electron chi connectivity index (χ1n) is 8.37. The van der Waals surface area contributed by atoms with Gasteiger partial charge in [-0.3, -0.25) is 0 Å². The summed E-state index contributed by atoms with van der Waals surface area (Å²) in [5.74, 6) is -0.266. The van der Waals surface area contributed by atoms with E-state index in [9.17, 15) is 4.79 Å². The lowest BCUT2D eigenvalue weighted by Gasteiger charge is -2.42. The highest BCUT2D eigenvalue weighted by atomic mass is 16.5. The lowest BCUT2D eigenvalue weighted by atomic mass is 9.98. The van der Waals surface area contributed by atoms with Crippen LogP contribution in [0.5, 0.6) is 0 Å². The van der Waals surface area contributed by atoms with E-state index >= 15 is 0 Å². The summed E-state index contributed by atoms with van der Waals surface area (Å²) in [6, 6.07) is 16.1. The fourth-order valence-corrected chi connectivity index (χ4v) is 3.14. The first kappa shape index (κ1) is 16.4. The second kappa shape index (κ2) is 6.56. The van der Waals surface area contributed by atoms with Crippen LogP contribution in [-0.4, -0.2) is 24.7 Å². The highest BCUT2D eigenvalue weighted by Gasteiger charge is 2.29. The maximum Gasteiger partial charge on any atom is 0.338 e. The van der Waals surface area contributed by atoms with Crippen LogP contribution < -0.4 is 10.2 Å². The molecule has 1 aliphatic rings. The normalized spacial score (nSPS) is 15.4. The molecule has 0 saturated heterocycles. The van der Waals surface area contributed by atoms with Crippen molar-refractivity contribution in [3.63, 3.8) is 0 Å². The summed E-state index contributed by atoms with van der Waals surface area (Å²) in [6.45, 7) is 8.36. The number of esters is 1. The Morgan fingerprint density at radius 2 is 1.88 bits per heavy atom. The Hall–Kier alpha value is -2.49. The Balaban J connectivity index is 1.79. The summed E-state index contributed by atoms with van der Waals surface area (Å²) in [7, 11) is 0. The molecule has 0 saturated carbocycles. The van der Waals surface area contributed by atoms with Gasteiger partial charge in [0, 0.05) is 18.6 Å². The fraction of sp³-hybridized carbons (Fsp3) is 0.350. The van der Waals surface area contributed by atoms with Crippen molar-refractivity contribution < 1.29 is 9.53 Å². The lowest BCUT2D eigenvalue weighted by molar-refractivity contribution is 0.0526. The topological polar surface area (TPSA) is 41.6 Å². The van der Waals surface area contributed by atoms with Crippen molar-refractivity contribution in [3.8, 4) is 0 Å². The number of hydrogen-bond donors (Lipinski definition) is 1. The van der Waals surface area contributed by atoms with Gasteiger partial charge in [0.25, 0.3) is 0 Å². The van der Waals surface area contributed by atoms with Crippen LogP contribution in [0.4, 0.5) is 11.4 Å². The second-order valence-electron chi connectivity index (χ2n) is 6.80. The number of benzene rings is 2. The van der Waals surface area contributed by atoms with Gasteiger partial charge in [-0.05, 0) is 50.6 Å². The van der Waals surface area contributed by atoms with Crippen LogP contribution in [0.1, 0.15) is 36.7 Å². The summed E-state index contributed by atoms with van der Waals surface area (Å²) in [5.41, 5.74) is 4.17. The number of carbonyl (C=O) groups is 1. The van der Waals surface area contributed by atoms with E-state index in [4.69, 9.17) is 4.74 Å². The average Bonchev–Trinajstić information content (AvgIpc) is 2.54. The van der Waals surface area contributed by atoms with Crippen molar-refractivity contribution in [1.82, 2.24) is 0 Å². The van der Waals surface area contributed by atoms with Crippen molar-refractivity contribution in [3.05, 3.63) is 59.7 Å². The quantitative estimate of drug-likeness (QED) is 0.861. The molecular weight excluding hydrogens is 300 g/mol. The minimum Gasteiger partial charge on any atom is -0.462 e. The van der Waals surface area contributed by atoms with E-state index in [2.05, 4.69) is 48.3 Å². The van der Waals surface area contributed by atoms with Crippen LogP contribution in [0, 0.1) is 0 Å². The largest absolute Gasteiger partial charge is 0.462 e. The Bertz CT molecular complexity index is 723. The van der Waals surface area contributed by atoms with Crippen LogP contribution in [0.15, 0.2) is 48.5 Å². The fourth-order valence-electron chi connectivity index (χ4n) is 3.14. The van der Waals surface area contributed by atoms with Gasteiger partial charge in [-0.1, -0.05) is 24.3 Å². The van der Waals surface area contributed by atoms with Gasteiger partial charge in [-0.2, -0.15) is 0 Å². The molecule has 126 valence electrons. The molecule has 0 spiro atoms. The van der Waals surface area contributed by atoms with Gasteiger partial charge >= 0.3 is 5.97 Å². The third kappa shape index (κ3) is 3.53. The number of carbonyl (C=O) groups excluding carboxylic acids is 1. The lowest BCUT2D eigenvalue weighted by Crippen LogP contribution is -2.48. The molecule has 2 aromatic rings. The molecule has 0 aliphatic carbocycles. The molecule has 0 unspecified atom stereocenters. The average molecular weight is 324 g/mol. The van der Waals surface area contributed by atoms with Gasteiger partial charge < -0.3 is 15.0 Å². The van der Waals surface area contributed by atoms with Gasteiger partial charge in [0.1, 0.15) is 0 Å². The number of fused-ring (bicyclic) bond motifs is 1. The van der Waals surface area contributed by atoms with Crippen molar-refractivity contribution in [2.75, 3.05) is 23.4 Å². The highest BCUT2D eigenvalue weighted by molar-refractivity contribution is 5.89. The van der Waals surface area contributed by atoms with Crippen LogP contribution >= 0.6 is 0 Å². The first-order chi connectivity index (χ1) is 11.5. The van der Waals surface area contributed by atoms with Crippen molar-refractivity contribution >= 4 is 17.3 Å². The van der Waals surface area contributed by atoms with Gasteiger partial charge in [-0.15, -0.1) is 0 Å². The number of hydrogen-bond acceptors (Lipinski definition) is 4. The number of para-hydroxylation sites is 2. The smallest absolute Gasteiger partial charge is 0.338 e. The minimum absolute atomic E-state index is 0.0131. The summed E-state index contributed by atoms with van der Waals surface area (Å²) in [4.78, 5) is 14.1. The molecule has 0 aromatic heterocycles. The monoisotopic (exact) mass is 324 g/mol. The van der Waals surface area contributed by atoms with Crippen LogP contribution in [0.3, 0.4) is 0 Å². The van der Waals surface area contributed by atoms with E-state index in [0.29, 0.717) is 12.2 Å². The van der Waals surface area contributed by atoms with Gasteiger partial charge in [-0.25, -0.2) is 4.79 Å². The molecule has 2 aromatic carbocycles. The molecule has 1 N–H and O–H groups in total. The molecule has 0 atom stereocenters. The summed E-state index contributed by atoms with van der Waals surface area (Å²) in [5, 5.41) is 3.59. The predicted octanol–water partition coefficient (Wildman–Crippen LogP) is 4.07. The summed E-state index contributed by atoms with van der Waals surface area (Å²) in [6.07, 6.45) is 0. The number of anilines is 2.